The van der Waals surface area contributed by atoms with Gasteiger partial charge in [0.1, 0.15) is 15.7 Å². The summed E-state index contributed by atoms with van der Waals surface area (Å²) in [4.78, 5) is 17.5. The van der Waals surface area contributed by atoms with Gasteiger partial charge in [-0.3, -0.25) is 4.79 Å². The standard InChI is InChI=1S/C18H12ClFN2O3S/c1-9-16(26-18(21-9)10-2-4-11(20)5-3-10)17(23)22-13-7-15-14(6-12(13)19)24-8-25-15/h2-7H,8H2,1H3,(H,22,23). The Labute approximate surface area is 157 Å². The number of aryl methyl sites for hydroxylation is 1. The number of amides is 1. The van der Waals surface area contributed by atoms with Gasteiger partial charge in [0, 0.05) is 17.7 Å². The second-order valence-electron chi connectivity index (χ2n) is 5.58. The van der Waals surface area contributed by atoms with E-state index in [4.69, 9.17) is 21.1 Å². The number of nitrogens with zero attached hydrogens (tertiary/aromatic N) is 1. The van der Waals surface area contributed by atoms with Crippen molar-refractivity contribution >= 4 is 34.5 Å². The number of hydrogen-bond donors (Lipinski definition) is 1. The van der Waals surface area contributed by atoms with Crippen LogP contribution >= 0.6 is 22.9 Å². The van der Waals surface area contributed by atoms with Gasteiger partial charge >= 0.3 is 0 Å². The Morgan fingerprint density at radius 1 is 1.23 bits per heavy atom. The summed E-state index contributed by atoms with van der Waals surface area (Å²) in [5.74, 6) is 0.421. The van der Waals surface area contributed by atoms with E-state index in [1.54, 1.807) is 31.2 Å². The number of halogens is 2. The lowest BCUT2D eigenvalue weighted by atomic mass is 10.2. The monoisotopic (exact) mass is 390 g/mol. The van der Waals surface area contributed by atoms with Crippen molar-refractivity contribution in [2.45, 2.75) is 6.92 Å². The molecule has 0 bridgehead atoms. The van der Waals surface area contributed by atoms with E-state index in [9.17, 15) is 9.18 Å². The number of anilines is 1. The summed E-state index contributed by atoms with van der Waals surface area (Å²) in [6.45, 7) is 1.87. The SMILES string of the molecule is Cc1nc(-c2ccc(F)cc2)sc1C(=O)Nc1cc2c(cc1Cl)OCO2. The minimum Gasteiger partial charge on any atom is -0.454 e. The van der Waals surface area contributed by atoms with Crippen LogP contribution < -0.4 is 14.8 Å². The number of benzene rings is 2. The number of hydrogen-bond acceptors (Lipinski definition) is 5. The Morgan fingerprint density at radius 3 is 2.65 bits per heavy atom. The van der Waals surface area contributed by atoms with Gasteiger partial charge in [-0.1, -0.05) is 11.6 Å². The molecule has 5 nitrogen and oxygen atoms in total. The highest BCUT2D eigenvalue weighted by Crippen LogP contribution is 2.39. The molecule has 8 heteroatoms. The highest BCUT2D eigenvalue weighted by atomic mass is 35.5. The van der Waals surface area contributed by atoms with Crippen LogP contribution in [0.3, 0.4) is 0 Å². The van der Waals surface area contributed by atoms with Gasteiger partial charge in [-0.15, -0.1) is 11.3 Å². The van der Waals surface area contributed by atoms with Gasteiger partial charge in [0.05, 0.1) is 16.4 Å². The predicted octanol–water partition coefficient (Wildman–Crippen LogP) is 4.89. The van der Waals surface area contributed by atoms with E-state index in [0.717, 1.165) is 5.56 Å². The molecule has 1 aromatic heterocycles. The molecule has 2 aromatic carbocycles. The first-order chi connectivity index (χ1) is 12.5. The van der Waals surface area contributed by atoms with E-state index in [0.29, 0.717) is 37.8 Å². The summed E-state index contributed by atoms with van der Waals surface area (Å²) in [5.41, 5.74) is 1.76. The van der Waals surface area contributed by atoms with Gasteiger partial charge in [-0.2, -0.15) is 0 Å². The Hall–Kier alpha value is -2.64. The zero-order valence-corrected chi connectivity index (χ0v) is 15.1. The average molecular weight is 391 g/mol. The van der Waals surface area contributed by atoms with Crippen LogP contribution in [0.4, 0.5) is 10.1 Å². The highest BCUT2D eigenvalue weighted by molar-refractivity contribution is 7.17. The van der Waals surface area contributed by atoms with E-state index in [2.05, 4.69) is 10.3 Å². The first-order valence-corrected chi connectivity index (χ1v) is 8.84. The molecule has 1 aliphatic rings. The third-order valence-corrected chi connectivity index (χ3v) is 5.32. The number of aromatic nitrogens is 1. The Balaban J connectivity index is 1.60. The zero-order chi connectivity index (χ0) is 18.3. The maximum atomic E-state index is 13.1. The lowest BCUT2D eigenvalue weighted by Gasteiger charge is -2.07. The summed E-state index contributed by atoms with van der Waals surface area (Å²) in [6.07, 6.45) is 0. The number of nitrogens with one attached hydrogen (secondary N) is 1. The fourth-order valence-corrected chi connectivity index (χ4v) is 3.68. The molecule has 1 aliphatic heterocycles. The quantitative estimate of drug-likeness (QED) is 0.691. The average Bonchev–Trinajstić information content (AvgIpc) is 3.22. The molecule has 0 fully saturated rings. The third-order valence-electron chi connectivity index (χ3n) is 3.80. The van der Waals surface area contributed by atoms with Gasteiger partial charge in [0.15, 0.2) is 11.5 Å². The number of carbonyl (C=O) groups excluding carboxylic acids is 1. The first kappa shape index (κ1) is 16.8. The van der Waals surface area contributed by atoms with Crippen molar-refractivity contribution in [3.63, 3.8) is 0 Å². The molecule has 0 spiro atoms. The van der Waals surface area contributed by atoms with Crippen molar-refractivity contribution < 1.29 is 18.7 Å². The van der Waals surface area contributed by atoms with E-state index >= 15 is 0 Å². The largest absolute Gasteiger partial charge is 0.454 e. The topological polar surface area (TPSA) is 60.5 Å². The lowest BCUT2D eigenvalue weighted by molar-refractivity contribution is 0.103. The van der Waals surface area contributed by atoms with Gasteiger partial charge in [-0.25, -0.2) is 9.37 Å². The van der Waals surface area contributed by atoms with E-state index in [1.165, 1.54) is 23.5 Å². The minimum absolute atomic E-state index is 0.123. The van der Waals surface area contributed by atoms with Gasteiger partial charge in [-0.05, 0) is 31.2 Å². The summed E-state index contributed by atoms with van der Waals surface area (Å²) < 4.78 is 23.6. The number of rotatable bonds is 3. The second-order valence-corrected chi connectivity index (χ2v) is 6.99. The summed E-state index contributed by atoms with van der Waals surface area (Å²) in [6, 6.07) is 9.20. The molecule has 0 saturated carbocycles. The van der Waals surface area contributed by atoms with Crippen LogP contribution in [0.25, 0.3) is 10.6 Å². The molecule has 1 amide bonds. The molecule has 4 rings (SSSR count). The highest BCUT2D eigenvalue weighted by Gasteiger charge is 2.21. The number of carbonyl (C=O) groups is 1. The van der Waals surface area contributed by atoms with E-state index in [-0.39, 0.29) is 18.5 Å². The zero-order valence-electron chi connectivity index (χ0n) is 13.5. The molecule has 132 valence electrons. The second kappa shape index (κ2) is 6.59. The third kappa shape index (κ3) is 3.11. The smallest absolute Gasteiger partial charge is 0.267 e. The Morgan fingerprint density at radius 2 is 1.92 bits per heavy atom. The Bertz CT molecular complexity index is 1000. The molecule has 2 heterocycles. The minimum atomic E-state index is -0.325. The predicted molar refractivity (Wildman–Crippen MR) is 97.8 cm³/mol. The Kier molecular flexibility index (Phi) is 4.26. The van der Waals surface area contributed by atoms with Crippen LogP contribution in [0.1, 0.15) is 15.4 Å². The lowest BCUT2D eigenvalue weighted by Crippen LogP contribution is -2.11. The number of ether oxygens (including phenoxy) is 2. The van der Waals surface area contributed by atoms with Crippen LogP contribution in [0.5, 0.6) is 11.5 Å². The van der Waals surface area contributed by atoms with Crippen LogP contribution in [-0.2, 0) is 0 Å². The van der Waals surface area contributed by atoms with E-state index in [1.807, 2.05) is 0 Å². The van der Waals surface area contributed by atoms with Gasteiger partial charge < -0.3 is 14.8 Å². The molecule has 1 N–H and O–H groups in total. The van der Waals surface area contributed by atoms with Crippen molar-refractivity contribution in [1.82, 2.24) is 4.98 Å². The molecule has 0 atom stereocenters. The van der Waals surface area contributed by atoms with Gasteiger partial charge in [0.2, 0.25) is 6.79 Å². The van der Waals surface area contributed by atoms with Crippen molar-refractivity contribution in [2.24, 2.45) is 0 Å². The number of fused-ring (bicyclic) bond motifs is 1. The fourth-order valence-electron chi connectivity index (χ4n) is 2.52. The van der Waals surface area contributed by atoms with E-state index < -0.39 is 0 Å². The molecule has 0 aliphatic carbocycles. The van der Waals surface area contributed by atoms with Crippen molar-refractivity contribution in [3.05, 3.63) is 57.8 Å². The van der Waals surface area contributed by atoms with Crippen LogP contribution in [0, 0.1) is 12.7 Å². The molecule has 0 unspecified atom stereocenters. The number of thiazole rings is 1. The maximum Gasteiger partial charge on any atom is 0.267 e. The molecular weight excluding hydrogens is 379 g/mol. The van der Waals surface area contributed by atoms with Crippen molar-refractivity contribution in [2.75, 3.05) is 12.1 Å². The van der Waals surface area contributed by atoms with Crippen LogP contribution in [-0.4, -0.2) is 17.7 Å². The molecule has 0 radical (unpaired) electrons. The fraction of sp³-hybridized carbons (Fsp3) is 0.111. The first-order valence-electron chi connectivity index (χ1n) is 7.65. The van der Waals surface area contributed by atoms with Crippen molar-refractivity contribution in [1.29, 1.82) is 0 Å². The molecular formula is C18H12ClFN2O3S. The maximum absolute atomic E-state index is 13.1. The molecule has 3 aromatic rings. The van der Waals surface area contributed by atoms with Crippen LogP contribution in [0.2, 0.25) is 5.02 Å². The molecule has 26 heavy (non-hydrogen) atoms. The summed E-state index contributed by atoms with van der Waals surface area (Å²) in [7, 11) is 0. The molecule has 0 saturated heterocycles. The van der Waals surface area contributed by atoms with Crippen molar-refractivity contribution in [3.8, 4) is 22.1 Å². The normalized spacial score (nSPS) is 12.3. The summed E-state index contributed by atoms with van der Waals surface area (Å²) >= 11 is 7.43. The summed E-state index contributed by atoms with van der Waals surface area (Å²) in [5, 5.41) is 3.77. The van der Waals surface area contributed by atoms with Crippen LogP contribution in [0.15, 0.2) is 36.4 Å². The van der Waals surface area contributed by atoms with Gasteiger partial charge in [0.25, 0.3) is 5.91 Å².